The molecule has 1 unspecified atom stereocenters. The minimum absolute atomic E-state index is 0.0807. The van der Waals surface area contributed by atoms with Crippen LogP contribution < -0.4 is 4.74 Å². The lowest BCUT2D eigenvalue weighted by Crippen LogP contribution is -2.03. The fraction of sp³-hybridized carbons (Fsp3) is 0.417. The van der Waals surface area contributed by atoms with Crippen LogP contribution in [0.15, 0.2) is 24.3 Å². The van der Waals surface area contributed by atoms with Crippen molar-refractivity contribution in [1.82, 2.24) is 0 Å². The van der Waals surface area contributed by atoms with E-state index in [2.05, 4.69) is 0 Å². The second-order valence-electron chi connectivity index (χ2n) is 3.81. The average molecular weight is 206 g/mol. The SMILES string of the molecule is COc1cccc(CC2COC(=O)C2)c1. The zero-order chi connectivity index (χ0) is 10.7. The van der Waals surface area contributed by atoms with Crippen molar-refractivity contribution in [2.24, 2.45) is 5.92 Å². The Labute approximate surface area is 89.0 Å². The molecular weight excluding hydrogens is 192 g/mol. The first-order valence-corrected chi connectivity index (χ1v) is 5.06. The van der Waals surface area contributed by atoms with Crippen LogP contribution in [0.5, 0.6) is 5.75 Å². The first kappa shape index (κ1) is 10.0. The van der Waals surface area contributed by atoms with Crippen LogP contribution in [0.2, 0.25) is 0 Å². The highest BCUT2D eigenvalue weighted by molar-refractivity contribution is 5.71. The van der Waals surface area contributed by atoms with E-state index in [1.54, 1.807) is 7.11 Å². The molecule has 3 heteroatoms. The minimum Gasteiger partial charge on any atom is -0.497 e. The molecule has 0 aromatic heterocycles. The van der Waals surface area contributed by atoms with Crippen molar-refractivity contribution in [2.45, 2.75) is 12.8 Å². The molecule has 80 valence electrons. The molecule has 0 bridgehead atoms. The second kappa shape index (κ2) is 4.34. The van der Waals surface area contributed by atoms with Crippen LogP contribution in [0.1, 0.15) is 12.0 Å². The lowest BCUT2D eigenvalue weighted by molar-refractivity contribution is -0.137. The fourth-order valence-corrected chi connectivity index (χ4v) is 1.83. The summed E-state index contributed by atoms with van der Waals surface area (Å²) in [5.41, 5.74) is 1.19. The zero-order valence-corrected chi connectivity index (χ0v) is 8.73. The molecule has 0 amide bonds. The maximum Gasteiger partial charge on any atom is 0.306 e. The highest BCUT2D eigenvalue weighted by atomic mass is 16.5. The van der Waals surface area contributed by atoms with Gasteiger partial charge in [0.25, 0.3) is 0 Å². The molecule has 0 aliphatic carbocycles. The van der Waals surface area contributed by atoms with Crippen molar-refractivity contribution in [3.05, 3.63) is 29.8 Å². The Balaban J connectivity index is 2.01. The van der Waals surface area contributed by atoms with Gasteiger partial charge >= 0.3 is 5.97 Å². The Morgan fingerprint density at radius 3 is 3.07 bits per heavy atom. The number of hydrogen-bond donors (Lipinski definition) is 0. The number of esters is 1. The summed E-state index contributed by atoms with van der Waals surface area (Å²) in [6, 6.07) is 7.93. The molecular formula is C12H14O3. The van der Waals surface area contributed by atoms with Crippen LogP contribution in [0.3, 0.4) is 0 Å². The minimum atomic E-state index is -0.0807. The predicted octanol–water partition coefficient (Wildman–Crippen LogP) is 1.80. The van der Waals surface area contributed by atoms with Gasteiger partial charge < -0.3 is 9.47 Å². The van der Waals surface area contributed by atoms with Gasteiger partial charge in [0.05, 0.1) is 20.1 Å². The number of cyclic esters (lactones) is 1. The third kappa shape index (κ3) is 2.49. The predicted molar refractivity (Wildman–Crippen MR) is 55.8 cm³/mol. The van der Waals surface area contributed by atoms with E-state index in [-0.39, 0.29) is 5.97 Å². The largest absolute Gasteiger partial charge is 0.497 e. The van der Waals surface area contributed by atoms with E-state index in [1.807, 2.05) is 24.3 Å². The fourth-order valence-electron chi connectivity index (χ4n) is 1.83. The molecule has 1 heterocycles. The van der Waals surface area contributed by atoms with Gasteiger partial charge in [0, 0.05) is 5.92 Å². The molecule has 3 nitrogen and oxygen atoms in total. The molecule has 1 aromatic carbocycles. The summed E-state index contributed by atoms with van der Waals surface area (Å²) in [4.78, 5) is 10.9. The highest BCUT2D eigenvalue weighted by Crippen LogP contribution is 2.21. The Morgan fingerprint density at radius 1 is 1.53 bits per heavy atom. The summed E-state index contributed by atoms with van der Waals surface area (Å²) in [6.45, 7) is 0.552. The smallest absolute Gasteiger partial charge is 0.306 e. The summed E-state index contributed by atoms with van der Waals surface area (Å²) in [5, 5.41) is 0. The number of carbonyl (C=O) groups is 1. The Kier molecular flexibility index (Phi) is 2.90. The van der Waals surface area contributed by atoms with Gasteiger partial charge in [-0.2, -0.15) is 0 Å². The van der Waals surface area contributed by atoms with Crippen LogP contribution in [0, 0.1) is 5.92 Å². The number of ether oxygens (including phenoxy) is 2. The number of benzene rings is 1. The van der Waals surface area contributed by atoms with Crippen molar-refractivity contribution >= 4 is 5.97 Å². The van der Waals surface area contributed by atoms with E-state index >= 15 is 0 Å². The number of hydrogen-bond acceptors (Lipinski definition) is 3. The second-order valence-corrected chi connectivity index (χ2v) is 3.81. The van der Waals surface area contributed by atoms with Crippen LogP contribution in [0.25, 0.3) is 0 Å². The first-order chi connectivity index (χ1) is 7.28. The highest BCUT2D eigenvalue weighted by Gasteiger charge is 2.23. The van der Waals surface area contributed by atoms with Gasteiger partial charge in [-0.15, -0.1) is 0 Å². The number of carbonyl (C=O) groups excluding carboxylic acids is 1. The Hall–Kier alpha value is -1.51. The van der Waals surface area contributed by atoms with Crippen LogP contribution in [0.4, 0.5) is 0 Å². The molecule has 15 heavy (non-hydrogen) atoms. The third-order valence-corrected chi connectivity index (χ3v) is 2.59. The van der Waals surface area contributed by atoms with Gasteiger partial charge in [-0.05, 0) is 24.1 Å². The third-order valence-electron chi connectivity index (χ3n) is 2.59. The van der Waals surface area contributed by atoms with Crippen molar-refractivity contribution < 1.29 is 14.3 Å². The van der Waals surface area contributed by atoms with Gasteiger partial charge in [0.2, 0.25) is 0 Å². The number of methoxy groups -OCH3 is 1. The van der Waals surface area contributed by atoms with E-state index in [0.29, 0.717) is 18.9 Å². The van der Waals surface area contributed by atoms with Crippen molar-refractivity contribution in [3.63, 3.8) is 0 Å². The van der Waals surface area contributed by atoms with E-state index in [1.165, 1.54) is 5.56 Å². The molecule has 0 spiro atoms. The summed E-state index contributed by atoms with van der Waals surface area (Å²) >= 11 is 0. The summed E-state index contributed by atoms with van der Waals surface area (Å²) in [5.74, 6) is 1.10. The van der Waals surface area contributed by atoms with Gasteiger partial charge in [-0.1, -0.05) is 12.1 Å². The molecule has 1 aliphatic heterocycles. The van der Waals surface area contributed by atoms with E-state index in [9.17, 15) is 4.79 Å². The van der Waals surface area contributed by atoms with Crippen molar-refractivity contribution in [1.29, 1.82) is 0 Å². The average Bonchev–Trinajstić information content (AvgIpc) is 2.64. The quantitative estimate of drug-likeness (QED) is 0.707. The molecule has 1 aromatic rings. The maximum atomic E-state index is 10.9. The number of rotatable bonds is 3. The van der Waals surface area contributed by atoms with Crippen molar-refractivity contribution in [3.8, 4) is 5.75 Å². The van der Waals surface area contributed by atoms with Gasteiger partial charge in [-0.25, -0.2) is 0 Å². The summed E-state index contributed by atoms with van der Waals surface area (Å²) in [6.07, 6.45) is 1.42. The van der Waals surface area contributed by atoms with Gasteiger partial charge in [0.15, 0.2) is 0 Å². The lowest BCUT2D eigenvalue weighted by atomic mass is 9.98. The zero-order valence-electron chi connectivity index (χ0n) is 8.73. The molecule has 0 radical (unpaired) electrons. The summed E-state index contributed by atoms with van der Waals surface area (Å²) in [7, 11) is 1.65. The van der Waals surface area contributed by atoms with Gasteiger partial charge in [-0.3, -0.25) is 4.79 Å². The van der Waals surface area contributed by atoms with E-state index < -0.39 is 0 Å². The molecule has 1 atom stereocenters. The van der Waals surface area contributed by atoms with E-state index in [4.69, 9.17) is 9.47 Å². The lowest BCUT2D eigenvalue weighted by Gasteiger charge is -2.07. The maximum absolute atomic E-state index is 10.9. The Morgan fingerprint density at radius 2 is 2.40 bits per heavy atom. The standard InChI is InChI=1S/C12H14O3/c1-14-11-4-2-3-9(6-11)5-10-7-12(13)15-8-10/h2-4,6,10H,5,7-8H2,1H3. The van der Waals surface area contributed by atoms with E-state index in [0.717, 1.165) is 12.2 Å². The monoisotopic (exact) mass is 206 g/mol. The summed E-state index contributed by atoms with van der Waals surface area (Å²) < 4.78 is 10.1. The molecule has 2 rings (SSSR count). The molecule has 0 N–H and O–H groups in total. The van der Waals surface area contributed by atoms with Crippen LogP contribution in [-0.4, -0.2) is 19.7 Å². The molecule has 1 fully saturated rings. The van der Waals surface area contributed by atoms with Crippen LogP contribution in [-0.2, 0) is 16.0 Å². The first-order valence-electron chi connectivity index (χ1n) is 5.06. The van der Waals surface area contributed by atoms with Crippen molar-refractivity contribution in [2.75, 3.05) is 13.7 Å². The van der Waals surface area contributed by atoms with Crippen LogP contribution >= 0.6 is 0 Å². The molecule has 1 aliphatic rings. The molecule has 0 saturated carbocycles. The molecule has 1 saturated heterocycles. The Bertz CT molecular complexity index is 360. The topological polar surface area (TPSA) is 35.5 Å². The normalized spacial score (nSPS) is 20.1. The van der Waals surface area contributed by atoms with Gasteiger partial charge in [0.1, 0.15) is 5.75 Å².